The van der Waals surface area contributed by atoms with Gasteiger partial charge in [0.05, 0.1) is 10.6 Å². The molecule has 9 heteroatoms. The van der Waals surface area contributed by atoms with Crippen molar-refractivity contribution >= 4 is 38.2 Å². The van der Waals surface area contributed by atoms with Crippen molar-refractivity contribution in [1.29, 1.82) is 0 Å². The predicted molar refractivity (Wildman–Crippen MR) is 102 cm³/mol. The Morgan fingerprint density at radius 1 is 1.38 bits per heavy atom. The Morgan fingerprint density at radius 2 is 2.12 bits per heavy atom. The van der Waals surface area contributed by atoms with Gasteiger partial charge in [-0.15, -0.1) is 11.3 Å². The zero-order chi connectivity index (χ0) is 18.9. The van der Waals surface area contributed by atoms with Crippen LogP contribution in [0, 0.1) is 12.8 Å². The summed E-state index contributed by atoms with van der Waals surface area (Å²) in [6.07, 6.45) is 0.722. The van der Waals surface area contributed by atoms with Gasteiger partial charge in [-0.05, 0) is 25.0 Å². The van der Waals surface area contributed by atoms with Crippen molar-refractivity contribution in [2.45, 2.75) is 38.1 Å². The van der Waals surface area contributed by atoms with Crippen molar-refractivity contribution in [3.8, 4) is 0 Å². The molecule has 2 N–H and O–H groups in total. The molecule has 0 spiro atoms. The van der Waals surface area contributed by atoms with Crippen LogP contribution in [0.4, 0.5) is 5.13 Å². The van der Waals surface area contributed by atoms with E-state index in [-0.39, 0.29) is 22.6 Å². The van der Waals surface area contributed by atoms with E-state index in [1.807, 2.05) is 26.2 Å². The molecule has 2 atom stereocenters. The second kappa shape index (κ2) is 7.16. The highest BCUT2D eigenvalue weighted by atomic mass is 32.2. The van der Waals surface area contributed by atoms with Crippen LogP contribution in [0.5, 0.6) is 0 Å². The molecule has 138 valence electrons. The van der Waals surface area contributed by atoms with E-state index in [4.69, 9.17) is 0 Å². The number of carbonyl (C=O) groups excluding carboxylic acids is 1. The molecule has 1 aliphatic heterocycles. The number of anilines is 1. The normalized spacial score (nSPS) is 18.8. The summed E-state index contributed by atoms with van der Waals surface area (Å²) in [5.41, 5.74) is 1.31. The largest absolute Gasteiger partial charge is 0.300 e. The highest BCUT2D eigenvalue weighted by Gasteiger charge is 2.33. The van der Waals surface area contributed by atoms with Gasteiger partial charge in [0, 0.05) is 10.9 Å². The summed E-state index contributed by atoms with van der Waals surface area (Å²) in [6, 6.07) is 5.88. The van der Waals surface area contributed by atoms with Gasteiger partial charge in [-0.3, -0.25) is 14.5 Å². The maximum Gasteiger partial charge on any atom is 0.263 e. The Balaban J connectivity index is 1.94. The molecule has 2 aromatic rings. The molecule has 0 radical (unpaired) electrons. The Hall–Kier alpha value is -2.26. The van der Waals surface area contributed by atoms with Gasteiger partial charge in [0.1, 0.15) is 11.9 Å². The van der Waals surface area contributed by atoms with E-state index in [0.29, 0.717) is 10.7 Å². The SMILES string of the molecule is CCC(C)C(N=C1NS(=O)(=O)c2ccccc21)C(=O)Nc1nc(C)cs1. The van der Waals surface area contributed by atoms with E-state index < -0.39 is 16.1 Å². The van der Waals surface area contributed by atoms with E-state index in [1.54, 1.807) is 18.2 Å². The third-order valence-electron chi connectivity index (χ3n) is 4.23. The van der Waals surface area contributed by atoms with Gasteiger partial charge in [0.25, 0.3) is 15.9 Å². The lowest BCUT2D eigenvalue weighted by Crippen LogP contribution is -2.34. The molecular weight excluding hydrogens is 372 g/mol. The van der Waals surface area contributed by atoms with E-state index >= 15 is 0 Å². The fourth-order valence-corrected chi connectivity index (χ4v) is 4.56. The van der Waals surface area contributed by atoms with Gasteiger partial charge < -0.3 is 5.32 Å². The van der Waals surface area contributed by atoms with Crippen LogP contribution >= 0.6 is 11.3 Å². The molecule has 1 aliphatic rings. The molecule has 2 heterocycles. The standard InChI is InChI=1S/C17H20N4O3S2/c1-4-10(2)14(16(22)20-17-18-11(3)9-25-17)19-15-12-7-5-6-8-13(12)26(23,24)21-15/h5-10,14H,4H2,1-3H3,(H,19,21)(H,18,20,22). The fourth-order valence-electron chi connectivity index (χ4n) is 2.63. The summed E-state index contributed by atoms with van der Waals surface area (Å²) < 4.78 is 27.0. The second-order valence-corrected chi connectivity index (χ2v) is 8.70. The lowest BCUT2D eigenvalue weighted by Gasteiger charge is -2.18. The van der Waals surface area contributed by atoms with Crippen molar-refractivity contribution < 1.29 is 13.2 Å². The topological polar surface area (TPSA) is 101 Å². The number of hydrogen-bond donors (Lipinski definition) is 2. The molecule has 2 unspecified atom stereocenters. The Labute approximate surface area is 156 Å². The van der Waals surface area contributed by atoms with Crippen LogP contribution in [0.1, 0.15) is 31.5 Å². The Bertz CT molecular complexity index is 966. The minimum atomic E-state index is -3.64. The van der Waals surface area contributed by atoms with Crippen molar-refractivity contribution in [2.75, 3.05) is 5.32 Å². The minimum absolute atomic E-state index is 0.0687. The van der Waals surface area contributed by atoms with Crippen LogP contribution in [0.15, 0.2) is 39.5 Å². The first-order valence-electron chi connectivity index (χ1n) is 8.25. The summed E-state index contributed by atoms with van der Waals surface area (Å²) in [5.74, 6) is -0.165. The first kappa shape index (κ1) is 18.5. The second-order valence-electron chi connectivity index (χ2n) is 6.19. The van der Waals surface area contributed by atoms with Crippen molar-refractivity contribution in [1.82, 2.24) is 9.71 Å². The molecule has 7 nitrogen and oxygen atoms in total. The van der Waals surface area contributed by atoms with Gasteiger partial charge in [-0.1, -0.05) is 32.4 Å². The first-order chi connectivity index (χ1) is 12.3. The summed E-state index contributed by atoms with van der Waals surface area (Å²) in [5, 5.41) is 5.14. The highest BCUT2D eigenvalue weighted by Crippen LogP contribution is 2.24. The van der Waals surface area contributed by atoms with Crippen molar-refractivity contribution in [3.05, 3.63) is 40.9 Å². The van der Waals surface area contributed by atoms with Gasteiger partial charge in [0.15, 0.2) is 5.13 Å². The van der Waals surface area contributed by atoms with Gasteiger partial charge in [0.2, 0.25) is 0 Å². The smallest absolute Gasteiger partial charge is 0.263 e. The Kier molecular flexibility index (Phi) is 5.10. The number of nitrogens with one attached hydrogen (secondary N) is 2. The summed E-state index contributed by atoms with van der Waals surface area (Å²) in [6.45, 7) is 5.73. The summed E-state index contributed by atoms with van der Waals surface area (Å²) >= 11 is 1.34. The van der Waals surface area contributed by atoms with Crippen LogP contribution in [0.3, 0.4) is 0 Å². The van der Waals surface area contributed by atoms with Crippen LogP contribution in [-0.4, -0.2) is 31.2 Å². The summed E-state index contributed by atoms with van der Waals surface area (Å²) in [7, 11) is -3.64. The summed E-state index contributed by atoms with van der Waals surface area (Å²) in [4.78, 5) is 21.6. The van der Waals surface area contributed by atoms with E-state index in [0.717, 1.165) is 12.1 Å². The minimum Gasteiger partial charge on any atom is -0.300 e. The number of benzene rings is 1. The number of hydrogen-bond acceptors (Lipinski definition) is 6. The lowest BCUT2D eigenvalue weighted by molar-refractivity contribution is -0.118. The van der Waals surface area contributed by atoms with Crippen LogP contribution < -0.4 is 10.0 Å². The number of carbonyl (C=O) groups is 1. The van der Waals surface area contributed by atoms with Crippen LogP contribution in [0.2, 0.25) is 0 Å². The molecule has 26 heavy (non-hydrogen) atoms. The average Bonchev–Trinajstić information content (AvgIpc) is 3.13. The lowest BCUT2D eigenvalue weighted by atomic mass is 9.99. The number of amides is 1. The number of aromatic nitrogens is 1. The van der Waals surface area contributed by atoms with Crippen molar-refractivity contribution in [3.63, 3.8) is 0 Å². The maximum atomic E-state index is 12.8. The molecule has 0 saturated carbocycles. The number of thiazole rings is 1. The molecular formula is C17H20N4O3S2. The number of aliphatic imine (C=N–C) groups is 1. The maximum absolute atomic E-state index is 12.8. The number of amidine groups is 1. The van der Waals surface area contributed by atoms with Crippen LogP contribution in [-0.2, 0) is 14.8 Å². The number of rotatable bonds is 5. The fraction of sp³-hybridized carbons (Fsp3) is 0.353. The third-order valence-corrected chi connectivity index (χ3v) is 6.50. The monoisotopic (exact) mass is 392 g/mol. The molecule has 0 saturated heterocycles. The van der Waals surface area contributed by atoms with Crippen LogP contribution in [0.25, 0.3) is 0 Å². The zero-order valence-electron chi connectivity index (χ0n) is 14.7. The molecule has 0 fully saturated rings. The molecule has 1 amide bonds. The molecule has 3 rings (SSSR count). The van der Waals surface area contributed by atoms with Crippen molar-refractivity contribution in [2.24, 2.45) is 10.9 Å². The number of fused-ring (bicyclic) bond motifs is 1. The first-order valence-corrected chi connectivity index (χ1v) is 10.6. The van der Waals surface area contributed by atoms with E-state index in [9.17, 15) is 13.2 Å². The number of aryl methyl sites for hydroxylation is 1. The molecule has 0 bridgehead atoms. The van der Waals surface area contributed by atoms with E-state index in [1.165, 1.54) is 17.4 Å². The molecule has 0 aliphatic carbocycles. The average molecular weight is 393 g/mol. The highest BCUT2D eigenvalue weighted by molar-refractivity contribution is 7.90. The third kappa shape index (κ3) is 3.63. The van der Waals surface area contributed by atoms with Gasteiger partial charge in [-0.25, -0.2) is 13.4 Å². The predicted octanol–water partition coefficient (Wildman–Crippen LogP) is 2.54. The number of nitrogens with zero attached hydrogens (tertiary/aromatic N) is 2. The molecule has 1 aromatic carbocycles. The van der Waals surface area contributed by atoms with Gasteiger partial charge >= 0.3 is 0 Å². The van der Waals surface area contributed by atoms with Gasteiger partial charge in [-0.2, -0.15) is 0 Å². The number of sulfonamides is 1. The zero-order valence-corrected chi connectivity index (χ0v) is 16.3. The van der Waals surface area contributed by atoms with E-state index in [2.05, 4.69) is 20.0 Å². The molecule has 1 aromatic heterocycles. The Morgan fingerprint density at radius 3 is 2.77 bits per heavy atom. The quantitative estimate of drug-likeness (QED) is 0.816.